The monoisotopic (exact) mass is 540 g/mol. The largest absolute Gasteiger partial charge is 0.462 e. The first-order valence-corrected chi connectivity index (χ1v) is 15.6. The van der Waals surface area contributed by atoms with Crippen LogP contribution in [0.4, 0.5) is 0 Å². The van der Waals surface area contributed by atoms with Gasteiger partial charge in [-0.3, -0.25) is 14.4 Å². The van der Waals surface area contributed by atoms with Gasteiger partial charge in [-0.05, 0) is 90.4 Å². The van der Waals surface area contributed by atoms with Gasteiger partial charge in [0.1, 0.15) is 12.2 Å². The second-order valence-electron chi connectivity index (χ2n) is 15.9. The first kappa shape index (κ1) is 28.9. The summed E-state index contributed by atoms with van der Waals surface area (Å²) in [6.07, 6.45) is 6.82. The lowest BCUT2D eigenvalue weighted by Crippen LogP contribution is -2.64. The van der Waals surface area contributed by atoms with Crippen LogP contribution in [0.5, 0.6) is 0 Å². The third-order valence-electron chi connectivity index (χ3n) is 13.5. The van der Waals surface area contributed by atoms with E-state index in [0.717, 1.165) is 43.3 Å². The first-order valence-electron chi connectivity index (χ1n) is 15.6. The van der Waals surface area contributed by atoms with Crippen molar-refractivity contribution in [1.29, 1.82) is 0 Å². The molecule has 39 heavy (non-hydrogen) atoms. The fourth-order valence-electron chi connectivity index (χ4n) is 11.6. The molecule has 0 bridgehead atoms. The maximum Gasteiger partial charge on any atom is 0.303 e. The van der Waals surface area contributed by atoms with E-state index in [1.807, 2.05) is 0 Å². The van der Waals surface area contributed by atoms with Crippen molar-refractivity contribution in [3.05, 3.63) is 11.1 Å². The van der Waals surface area contributed by atoms with E-state index in [-0.39, 0.29) is 62.9 Å². The molecule has 0 aromatic heterocycles. The van der Waals surface area contributed by atoms with Gasteiger partial charge in [-0.2, -0.15) is 0 Å². The Bertz CT molecular complexity index is 1120. The highest BCUT2D eigenvalue weighted by atomic mass is 16.5. The van der Waals surface area contributed by atoms with Gasteiger partial charge < -0.3 is 9.47 Å². The highest BCUT2D eigenvalue weighted by Gasteiger charge is 2.70. The van der Waals surface area contributed by atoms with Crippen LogP contribution in [0.3, 0.4) is 0 Å². The van der Waals surface area contributed by atoms with Crippen molar-refractivity contribution in [2.45, 2.75) is 133 Å². The molecule has 3 fully saturated rings. The van der Waals surface area contributed by atoms with E-state index in [0.29, 0.717) is 24.2 Å². The molecule has 0 aromatic rings. The summed E-state index contributed by atoms with van der Waals surface area (Å²) >= 11 is 0. The van der Waals surface area contributed by atoms with Crippen LogP contribution in [0, 0.1) is 50.7 Å². The Morgan fingerprint density at radius 1 is 0.846 bits per heavy atom. The standard InChI is InChI=1S/C34H52O5/c1-19(2)22-11-12-25-31(22,7)15-16-33(9)28-23(37)17-26-30(5,6)27(39-21(4)36)13-14-32(26,8)29(28)24(38-20(3)35)18-34(25,33)10/h19,22,24-27H,11-18H2,1-10H3/t22-,24+,25-,26+,27+,31-,32+,33-,34+/m1/s1. The molecule has 5 nitrogen and oxygen atoms in total. The summed E-state index contributed by atoms with van der Waals surface area (Å²) in [4.78, 5) is 39.1. The van der Waals surface area contributed by atoms with Gasteiger partial charge in [0, 0.05) is 36.7 Å². The lowest BCUT2D eigenvalue weighted by Gasteiger charge is -2.67. The van der Waals surface area contributed by atoms with Crippen LogP contribution in [-0.4, -0.2) is 29.9 Å². The molecule has 0 aliphatic heterocycles. The summed E-state index contributed by atoms with van der Waals surface area (Å²) < 4.78 is 12.1. The number of ketones is 1. The Morgan fingerprint density at radius 3 is 2.08 bits per heavy atom. The molecule has 5 aliphatic carbocycles. The topological polar surface area (TPSA) is 69.7 Å². The van der Waals surface area contributed by atoms with Gasteiger partial charge in [0.25, 0.3) is 0 Å². The minimum Gasteiger partial charge on any atom is -0.462 e. The van der Waals surface area contributed by atoms with E-state index >= 15 is 0 Å². The molecule has 0 N–H and O–H groups in total. The zero-order valence-corrected chi connectivity index (χ0v) is 26.2. The Morgan fingerprint density at radius 2 is 1.49 bits per heavy atom. The van der Waals surface area contributed by atoms with E-state index in [4.69, 9.17) is 9.47 Å². The second kappa shape index (κ2) is 8.92. The normalized spacial score (nSPS) is 46.6. The van der Waals surface area contributed by atoms with E-state index in [1.54, 1.807) is 0 Å². The molecule has 5 aliphatic rings. The van der Waals surface area contributed by atoms with E-state index in [2.05, 4.69) is 55.4 Å². The maximum absolute atomic E-state index is 14.5. The van der Waals surface area contributed by atoms with Gasteiger partial charge in [0.05, 0.1) is 0 Å². The summed E-state index contributed by atoms with van der Waals surface area (Å²) in [6, 6.07) is 0. The number of fused-ring (bicyclic) bond motifs is 6. The average molecular weight is 541 g/mol. The van der Waals surface area contributed by atoms with Crippen molar-refractivity contribution >= 4 is 17.7 Å². The van der Waals surface area contributed by atoms with Crippen molar-refractivity contribution in [1.82, 2.24) is 0 Å². The maximum atomic E-state index is 14.5. The van der Waals surface area contributed by atoms with Gasteiger partial charge in [-0.15, -0.1) is 0 Å². The molecule has 0 amide bonds. The van der Waals surface area contributed by atoms with Crippen LogP contribution in [0.2, 0.25) is 0 Å². The zero-order valence-electron chi connectivity index (χ0n) is 26.2. The number of Topliss-reactive ketones (excluding diaryl/α,β-unsaturated/α-hetero) is 1. The van der Waals surface area contributed by atoms with Crippen LogP contribution in [0.15, 0.2) is 11.1 Å². The van der Waals surface area contributed by atoms with Gasteiger partial charge in [0.2, 0.25) is 0 Å². The van der Waals surface area contributed by atoms with Crippen molar-refractivity contribution < 1.29 is 23.9 Å². The van der Waals surface area contributed by atoms with Crippen molar-refractivity contribution in [2.75, 3.05) is 0 Å². The molecule has 0 heterocycles. The molecular weight excluding hydrogens is 488 g/mol. The van der Waals surface area contributed by atoms with E-state index in [1.165, 1.54) is 26.7 Å². The molecule has 0 radical (unpaired) electrons. The summed E-state index contributed by atoms with van der Waals surface area (Å²) in [5.74, 6) is 1.54. The molecule has 3 saturated carbocycles. The molecule has 0 saturated heterocycles. The number of esters is 2. The number of ether oxygens (including phenoxy) is 2. The molecule has 9 atom stereocenters. The van der Waals surface area contributed by atoms with Gasteiger partial charge in [-0.25, -0.2) is 0 Å². The van der Waals surface area contributed by atoms with Crippen LogP contribution < -0.4 is 0 Å². The SMILES string of the molecule is CC(=O)O[C@H]1C[C@@]2(C)[C@@H]3CC[C@H](C(C)C)[C@@]3(C)CC[C@]2(C)C2=C1[C@@]1(C)CC[C@H](OC(C)=O)C(C)(C)[C@@H]1CC2=O. The quantitative estimate of drug-likeness (QED) is 0.348. The van der Waals surface area contributed by atoms with Gasteiger partial charge in [0.15, 0.2) is 5.78 Å². The summed E-state index contributed by atoms with van der Waals surface area (Å²) in [5, 5.41) is 0. The van der Waals surface area contributed by atoms with Crippen molar-refractivity contribution in [3.63, 3.8) is 0 Å². The Balaban J connectivity index is 1.67. The van der Waals surface area contributed by atoms with Crippen molar-refractivity contribution in [3.8, 4) is 0 Å². The molecule has 218 valence electrons. The number of carbonyl (C=O) groups excluding carboxylic acids is 3. The lowest BCUT2D eigenvalue weighted by molar-refractivity contribution is -0.178. The molecule has 5 heteroatoms. The number of carbonyl (C=O) groups is 3. The minimum atomic E-state index is -0.381. The smallest absolute Gasteiger partial charge is 0.303 e. The molecule has 0 unspecified atom stereocenters. The second-order valence-corrected chi connectivity index (χ2v) is 15.9. The lowest BCUT2D eigenvalue weighted by atomic mass is 9.37. The van der Waals surface area contributed by atoms with E-state index in [9.17, 15) is 14.4 Å². The van der Waals surface area contributed by atoms with Crippen LogP contribution in [0.25, 0.3) is 0 Å². The number of allylic oxidation sites excluding steroid dienone is 1. The Kier molecular flexibility index (Phi) is 6.60. The number of hydrogen-bond acceptors (Lipinski definition) is 5. The predicted octanol–water partition coefficient (Wildman–Crippen LogP) is 7.46. The number of rotatable bonds is 3. The van der Waals surface area contributed by atoms with Crippen LogP contribution in [0.1, 0.15) is 121 Å². The summed E-state index contributed by atoms with van der Waals surface area (Å²) in [6.45, 7) is 21.7. The van der Waals surface area contributed by atoms with Gasteiger partial charge >= 0.3 is 11.9 Å². The fraction of sp³-hybridized carbons (Fsp3) is 0.853. The third kappa shape index (κ3) is 3.79. The minimum absolute atomic E-state index is 0.0195. The first-order chi connectivity index (χ1) is 17.9. The van der Waals surface area contributed by atoms with E-state index < -0.39 is 0 Å². The average Bonchev–Trinajstić information content (AvgIpc) is 3.17. The summed E-state index contributed by atoms with van der Waals surface area (Å²) in [5.41, 5.74) is 1.34. The number of hydrogen-bond donors (Lipinski definition) is 0. The Labute approximate surface area is 236 Å². The molecular formula is C34H52O5. The summed E-state index contributed by atoms with van der Waals surface area (Å²) in [7, 11) is 0. The highest BCUT2D eigenvalue weighted by molar-refractivity contribution is 6.00. The third-order valence-corrected chi connectivity index (χ3v) is 13.5. The molecule has 0 aromatic carbocycles. The molecule has 5 rings (SSSR count). The van der Waals surface area contributed by atoms with Crippen molar-refractivity contribution in [2.24, 2.45) is 50.7 Å². The van der Waals surface area contributed by atoms with Crippen LogP contribution >= 0.6 is 0 Å². The fourth-order valence-corrected chi connectivity index (χ4v) is 11.6. The zero-order chi connectivity index (χ0) is 28.9. The predicted molar refractivity (Wildman–Crippen MR) is 152 cm³/mol. The molecule has 0 spiro atoms. The van der Waals surface area contributed by atoms with Gasteiger partial charge in [-0.1, -0.05) is 55.4 Å². The van der Waals surface area contributed by atoms with Crippen LogP contribution in [-0.2, 0) is 23.9 Å². The Hall–Kier alpha value is -1.65. The highest BCUT2D eigenvalue weighted by Crippen LogP contribution is 2.75.